The molecular formula is C12H60O16Si17. The first-order chi connectivity index (χ1) is 20.0. The van der Waals surface area contributed by atoms with Crippen LogP contribution in [0, 0.1) is 0 Å². The minimum atomic E-state index is -4.92. The smallest absolute Gasteiger partial charge is 0.338 e. The van der Waals surface area contributed by atoms with Crippen LogP contribution in [-0.4, -0.2) is 194 Å². The van der Waals surface area contributed by atoms with Gasteiger partial charge in [0.2, 0.25) is 31.8 Å². The fourth-order valence-corrected chi connectivity index (χ4v) is 293. The van der Waals surface area contributed by atoms with Gasteiger partial charge in [-0.3, -0.25) is 0 Å². The molecule has 16 nitrogen and oxygen atoms in total. The van der Waals surface area contributed by atoms with Crippen LogP contribution in [0.2, 0.25) is 72.0 Å². The van der Waals surface area contributed by atoms with Crippen LogP contribution in [0.3, 0.4) is 0 Å². The molecule has 0 saturated carbocycles. The molecule has 0 radical (unpaired) electrons. The fourth-order valence-electron chi connectivity index (χ4n) is 5.82. The number of hydrogen-bond donors (Lipinski definition) is 9. The molecule has 0 aliphatic carbocycles. The van der Waals surface area contributed by atoms with Crippen LogP contribution in [-0.2, 0) is 29.1 Å². The highest BCUT2D eigenvalue weighted by atomic mass is 30.3. The minimum absolute atomic E-state index is 0.176. The van der Waals surface area contributed by atoms with E-state index >= 15 is 0 Å². The predicted molar refractivity (Wildman–Crippen MR) is 217 cm³/mol. The molecule has 0 spiro atoms. The van der Waals surface area contributed by atoms with E-state index in [0.29, 0.717) is 0 Å². The second kappa shape index (κ2) is 17.2. The Hall–Kier alpha value is 3.05. The third-order valence-corrected chi connectivity index (χ3v) is 182. The van der Waals surface area contributed by atoms with Crippen molar-refractivity contribution in [2.45, 2.75) is 72.0 Å². The molecule has 0 saturated heterocycles. The zero-order chi connectivity index (χ0) is 36.2. The zero-order valence-electron chi connectivity index (χ0n) is 29.1. The Morgan fingerprint density at radius 3 is 1.29 bits per heavy atom. The first-order valence-electron chi connectivity index (χ1n) is 14.5. The van der Waals surface area contributed by atoms with Crippen molar-refractivity contribution >= 4 is 144 Å². The van der Waals surface area contributed by atoms with Gasteiger partial charge in [0.15, 0.2) is 36.2 Å². The Balaban J connectivity index is 9.32. The second-order valence-electron chi connectivity index (χ2n) is 14.1. The summed E-state index contributed by atoms with van der Waals surface area (Å²) in [5, 5.41) is 0. The van der Waals surface area contributed by atoms with E-state index in [9.17, 15) is 43.2 Å². The number of hydrogen-bond acceptors (Lipinski definition) is 16. The first kappa shape index (κ1) is 48.0. The standard InChI is InChI=1S/C12H60O16Si17/c1-22-43(29,33-16)45(24-31-14,39(9,10)21)42(27-40(11,12)25-36(2,3)4,44(34-17,35-18)26-37(5,6)19)28-41(32-15,23-30-13)38(7,8)20/h13-21H,30-35H2,1-12,29H3. The van der Waals surface area contributed by atoms with Crippen molar-refractivity contribution in [1.29, 1.82) is 0 Å². The van der Waals surface area contributed by atoms with Crippen LogP contribution >= 0.6 is 0 Å². The van der Waals surface area contributed by atoms with Crippen molar-refractivity contribution in [2.24, 2.45) is 0 Å². The molecule has 4 unspecified atom stereocenters. The molecule has 272 valence electrons. The molecule has 0 rings (SSSR count). The maximum Gasteiger partial charge on any atom is 0.338 e. The van der Waals surface area contributed by atoms with Crippen molar-refractivity contribution < 1.29 is 72.3 Å². The molecule has 0 amide bonds. The second-order valence-corrected chi connectivity index (χ2v) is 119. The van der Waals surface area contributed by atoms with Crippen molar-refractivity contribution in [3.05, 3.63) is 0 Å². The highest BCUT2D eigenvalue weighted by Gasteiger charge is 2.88. The maximum absolute atomic E-state index is 12.6. The van der Waals surface area contributed by atoms with Gasteiger partial charge in [-0.05, 0) is 72.0 Å². The molecular weight excluding hydrogens is 878 g/mol. The summed E-state index contributed by atoms with van der Waals surface area (Å²) in [5.74, 6) is 0. The van der Waals surface area contributed by atoms with Gasteiger partial charge in [0.25, 0.3) is 33.8 Å². The topological polar surface area (TPSA) is 247 Å². The zero-order valence-corrected chi connectivity index (χ0v) is 49.6. The molecule has 4 atom stereocenters. The lowest BCUT2D eigenvalue weighted by Crippen LogP contribution is -3.03. The highest BCUT2D eigenvalue weighted by molar-refractivity contribution is 8.08. The molecule has 0 aromatic carbocycles. The van der Waals surface area contributed by atoms with E-state index in [2.05, 4.69) is 0 Å². The van der Waals surface area contributed by atoms with Crippen molar-refractivity contribution in [3.8, 4) is 0 Å². The van der Waals surface area contributed by atoms with Gasteiger partial charge in [0.05, 0.1) is 0 Å². The third-order valence-electron chi connectivity index (χ3n) is 7.35. The molecule has 0 aromatic rings. The molecule has 33 heteroatoms. The molecule has 9 N–H and O–H groups in total. The summed E-state index contributed by atoms with van der Waals surface area (Å²) >= 11 is 0. The van der Waals surface area contributed by atoms with E-state index in [4.69, 9.17) is 29.1 Å². The summed E-state index contributed by atoms with van der Waals surface area (Å²) in [4.78, 5) is 103. The Labute approximate surface area is 293 Å². The third kappa shape index (κ3) is 10.6. The van der Waals surface area contributed by atoms with Crippen LogP contribution in [0.25, 0.3) is 0 Å². The fraction of sp³-hybridized carbons (Fsp3) is 1.00. The van der Waals surface area contributed by atoms with Gasteiger partial charge in [0, 0.05) is 16.9 Å². The van der Waals surface area contributed by atoms with Gasteiger partial charge in [-0.15, -0.1) is 0 Å². The SMILES string of the molecule is CO[Si]([SiH3])([SiH2]O)[Si](O[SiH2]O)([Si](C)(C)O)[Si](O[Si](C)(C)O[Si](C)(C)C)(O[Si](O[SiH2]O)([SiH2]O)[Si](C)(C)O)[Si](O[Si](C)(C)O)([SiH2]O)[SiH2]O. The molecule has 0 aliphatic rings. The molecule has 0 bridgehead atoms. The van der Waals surface area contributed by atoms with E-state index in [1.54, 1.807) is 26.2 Å². The summed E-state index contributed by atoms with van der Waals surface area (Å²) in [6.45, 7) is 6.18. The van der Waals surface area contributed by atoms with E-state index in [-0.39, 0.29) is 9.76 Å². The van der Waals surface area contributed by atoms with Crippen molar-refractivity contribution in [1.82, 2.24) is 0 Å². The van der Waals surface area contributed by atoms with Crippen LogP contribution < -0.4 is 0 Å². The van der Waals surface area contributed by atoms with E-state index < -0.39 is 134 Å². The molecule has 0 heterocycles. The normalized spacial score (nSPS) is 22.6. The Kier molecular flexibility index (Phi) is 18.4. The van der Waals surface area contributed by atoms with E-state index in [1.807, 2.05) is 19.6 Å². The van der Waals surface area contributed by atoms with Crippen molar-refractivity contribution in [3.63, 3.8) is 0 Å². The van der Waals surface area contributed by atoms with Gasteiger partial charge < -0.3 is 72.3 Å². The van der Waals surface area contributed by atoms with Gasteiger partial charge >= 0.3 is 32.3 Å². The Bertz CT molecular complexity index is 920. The van der Waals surface area contributed by atoms with Gasteiger partial charge in [-0.1, -0.05) is 0 Å². The van der Waals surface area contributed by atoms with E-state index in [1.165, 1.54) is 33.3 Å². The largest absolute Gasteiger partial charge is 0.439 e. The lowest BCUT2D eigenvalue weighted by atomic mass is 11.8. The number of rotatable bonds is 22. The maximum atomic E-state index is 12.6. The monoisotopic (exact) mass is 936 g/mol. The Morgan fingerprint density at radius 2 is 1.02 bits per heavy atom. The van der Waals surface area contributed by atoms with Gasteiger partial charge in [-0.25, -0.2) is 0 Å². The first-order valence-corrected chi connectivity index (χ1v) is 61.6. The predicted octanol–water partition coefficient (Wildman–Crippen LogP) is -9.39. The average Bonchev–Trinajstić information content (AvgIpc) is 2.85. The van der Waals surface area contributed by atoms with Crippen molar-refractivity contribution in [2.75, 3.05) is 7.11 Å². The Morgan fingerprint density at radius 1 is 0.556 bits per heavy atom. The summed E-state index contributed by atoms with van der Waals surface area (Å²) in [6.07, 6.45) is 0. The molecule has 0 fully saturated rings. The summed E-state index contributed by atoms with van der Waals surface area (Å²) < 4.78 is 47.0. The summed E-state index contributed by atoms with van der Waals surface area (Å²) in [6, 6.07) is 0. The lowest BCUT2D eigenvalue weighted by Gasteiger charge is -2.63. The van der Waals surface area contributed by atoms with Crippen LogP contribution in [0.1, 0.15) is 0 Å². The highest BCUT2D eigenvalue weighted by Crippen LogP contribution is 2.45. The van der Waals surface area contributed by atoms with Gasteiger partial charge in [0.1, 0.15) is 0 Å². The van der Waals surface area contributed by atoms with E-state index in [0.717, 1.165) is 0 Å². The molecule has 0 aromatic heterocycles. The van der Waals surface area contributed by atoms with Gasteiger partial charge in [-0.2, -0.15) is 0 Å². The average molecular weight is 938 g/mol. The quantitative estimate of drug-likeness (QED) is 0.0458. The summed E-state index contributed by atoms with van der Waals surface area (Å²) in [5.41, 5.74) is 0. The molecule has 0 aliphatic heterocycles. The van der Waals surface area contributed by atoms with Crippen LogP contribution in [0.4, 0.5) is 0 Å². The van der Waals surface area contributed by atoms with Crippen LogP contribution in [0.15, 0.2) is 0 Å². The molecule has 45 heavy (non-hydrogen) atoms. The van der Waals surface area contributed by atoms with Crippen LogP contribution in [0.5, 0.6) is 0 Å². The summed E-state index contributed by atoms with van der Waals surface area (Å²) in [7, 11) is -39.3. The lowest BCUT2D eigenvalue weighted by molar-refractivity contribution is 0.301. The minimum Gasteiger partial charge on any atom is -0.439 e.